The first-order chi connectivity index (χ1) is 20.4. The van der Waals surface area contributed by atoms with Crippen molar-refractivity contribution < 1.29 is 24.3 Å². The second-order valence-electron chi connectivity index (χ2n) is 10.7. The van der Waals surface area contributed by atoms with E-state index >= 15 is 0 Å². The van der Waals surface area contributed by atoms with Crippen molar-refractivity contribution in [2.75, 3.05) is 18.0 Å². The molecular formula is C34H28N2O5S. The molecule has 6 rings (SSSR count). The molecule has 3 aromatic carbocycles. The molecule has 1 saturated carbocycles. The molecule has 0 unspecified atom stereocenters. The van der Waals surface area contributed by atoms with Crippen LogP contribution in [0.3, 0.4) is 0 Å². The van der Waals surface area contributed by atoms with E-state index in [1.165, 1.54) is 6.42 Å². The van der Waals surface area contributed by atoms with Crippen molar-refractivity contribution in [3.8, 4) is 23.0 Å². The Morgan fingerprint density at radius 3 is 2.17 bits per heavy atom. The van der Waals surface area contributed by atoms with Gasteiger partial charge in [-0.3, -0.25) is 24.1 Å². The highest BCUT2D eigenvalue weighted by molar-refractivity contribution is 8.18. The molecule has 2 aliphatic heterocycles. The van der Waals surface area contributed by atoms with Gasteiger partial charge in [0.2, 0.25) is 0 Å². The molecule has 1 saturated heterocycles. The molecule has 42 heavy (non-hydrogen) atoms. The summed E-state index contributed by atoms with van der Waals surface area (Å²) < 4.78 is 0. The number of carboxylic acid groups (broad SMARTS) is 1. The number of hydrogen-bond acceptors (Lipinski definition) is 5. The Morgan fingerprint density at radius 1 is 0.810 bits per heavy atom. The van der Waals surface area contributed by atoms with Gasteiger partial charge in [-0.1, -0.05) is 67.5 Å². The maximum absolute atomic E-state index is 13.9. The lowest BCUT2D eigenvalue weighted by atomic mass is 9.89. The summed E-state index contributed by atoms with van der Waals surface area (Å²) in [6.45, 7) is -0.198. The number of aliphatic carboxylic acids is 1. The van der Waals surface area contributed by atoms with E-state index in [9.17, 15) is 24.3 Å². The highest BCUT2D eigenvalue weighted by Crippen LogP contribution is 2.46. The van der Waals surface area contributed by atoms with Crippen molar-refractivity contribution in [1.29, 1.82) is 0 Å². The van der Waals surface area contributed by atoms with Crippen LogP contribution in [0.5, 0.6) is 0 Å². The number of rotatable bonds is 5. The lowest BCUT2D eigenvalue weighted by Crippen LogP contribution is -2.34. The first-order valence-corrected chi connectivity index (χ1v) is 14.8. The van der Waals surface area contributed by atoms with Crippen molar-refractivity contribution in [3.05, 3.63) is 94.4 Å². The van der Waals surface area contributed by atoms with Gasteiger partial charge < -0.3 is 10.0 Å². The van der Waals surface area contributed by atoms with Crippen molar-refractivity contribution in [2.24, 2.45) is 5.92 Å². The van der Waals surface area contributed by atoms with E-state index in [0.717, 1.165) is 47.9 Å². The standard InChI is InChI=1S/C34H28N2O5S/c37-29(38)21-36-33(40)31(42-34(36)41)30-27-19-26(17-18-28(27)35(32(30)39)20-24-9-5-2-6-10-24)25-15-13-23(14-16-25)12-11-22-7-3-1-4-8-22/h1,3-4,7-8,13-19,24H,2,5-6,9-10,20-21H2,(H,37,38)/b31-30-. The number of carboxylic acids is 1. The number of thioether (sulfide) groups is 1. The summed E-state index contributed by atoms with van der Waals surface area (Å²) in [5, 5.41) is 8.53. The number of carbonyl (C=O) groups excluding carboxylic acids is 3. The molecule has 0 radical (unpaired) electrons. The summed E-state index contributed by atoms with van der Waals surface area (Å²) in [7, 11) is 0. The Hall–Kier alpha value is -4.61. The van der Waals surface area contributed by atoms with Gasteiger partial charge in [0.1, 0.15) is 6.54 Å². The van der Waals surface area contributed by atoms with Gasteiger partial charge in [-0.15, -0.1) is 0 Å². The van der Waals surface area contributed by atoms with Crippen LogP contribution in [0.25, 0.3) is 16.7 Å². The minimum atomic E-state index is -1.29. The minimum Gasteiger partial charge on any atom is -0.480 e. The Balaban J connectivity index is 1.37. The monoisotopic (exact) mass is 576 g/mol. The Bertz CT molecular complexity index is 1680. The molecule has 0 spiro atoms. The summed E-state index contributed by atoms with van der Waals surface area (Å²) in [6.07, 6.45) is 5.54. The zero-order valence-electron chi connectivity index (χ0n) is 22.8. The van der Waals surface area contributed by atoms with Crippen molar-refractivity contribution in [2.45, 2.75) is 32.1 Å². The van der Waals surface area contributed by atoms with Gasteiger partial charge in [0.25, 0.3) is 17.1 Å². The molecule has 0 aromatic heterocycles. The normalized spacial score (nSPS) is 18.7. The number of anilines is 1. The van der Waals surface area contributed by atoms with Crippen LogP contribution in [0, 0.1) is 17.8 Å². The van der Waals surface area contributed by atoms with Crippen molar-refractivity contribution in [3.63, 3.8) is 0 Å². The van der Waals surface area contributed by atoms with Gasteiger partial charge in [-0.05, 0) is 78.0 Å². The summed E-state index contributed by atoms with van der Waals surface area (Å²) in [5.41, 5.74) is 5.03. The summed E-state index contributed by atoms with van der Waals surface area (Å²) in [4.78, 5) is 53.5. The van der Waals surface area contributed by atoms with Gasteiger partial charge in [-0.25, -0.2) is 0 Å². The third kappa shape index (κ3) is 5.48. The lowest BCUT2D eigenvalue weighted by molar-refractivity contribution is -0.140. The number of imide groups is 1. The highest BCUT2D eigenvalue weighted by Gasteiger charge is 2.44. The lowest BCUT2D eigenvalue weighted by Gasteiger charge is -2.27. The first kappa shape index (κ1) is 27.6. The smallest absolute Gasteiger partial charge is 0.323 e. The summed E-state index contributed by atoms with van der Waals surface area (Å²) in [6, 6.07) is 23.3. The Morgan fingerprint density at radius 2 is 1.48 bits per heavy atom. The van der Waals surface area contributed by atoms with Crippen LogP contribution in [0.2, 0.25) is 0 Å². The Kier molecular flexibility index (Phi) is 7.68. The molecular weight excluding hydrogens is 548 g/mol. The van der Waals surface area contributed by atoms with Crippen LogP contribution in [0.15, 0.2) is 77.7 Å². The van der Waals surface area contributed by atoms with E-state index in [4.69, 9.17) is 0 Å². The molecule has 0 atom stereocenters. The quantitative estimate of drug-likeness (QED) is 0.288. The van der Waals surface area contributed by atoms with E-state index in [1.54, 1.807) is 4.90 Å². The van der Waals surface area contributed by atoms with Crippen LogP contribution in [-0.2, 0) is 14.4 Å². The molecule has 2 heterocycles. The third-order valence-corrected chi connectivity index (χ3v) is 8.87. The fourth-order valence-electron chi connectivity index (χ4n) is 5.77. The molecule has 7 nitrogen and oxygen atoms in total. The zero-order chi connectivity index (χ0) is 29.2. The van der Waals surface area contributed by atoms with Gasteiger partial charge in [0.05, 0.1) is 16.2 Å². The number of benzene rings is 3. The predicted octanol–water partition coefficient (Wildman–Crippen LogP) is 6.17. The number of carbonyl (C=O) groups is 4. The molecule has 2 fully saturated rings. The first-order valence-electron chi connectivity index (χ1n) is 14.0. The van der Waals surface area contributed by atoms with Gasteiger partial charge in [0.15, 0.2) is 0 Å². The Labute approximate surface area is 248 Å². The van der Waals surface area contributed by atoms with Crippen molar-refractivity contribution in [1.82, 2.24) is 4.90 Å². The third-order valence-electron chi connectivity index (χ3n) is 7.89. The molecule has 210 valence electrons. The summed E-state index contributed by atoms with van der Waals surface area (Å²) in [5.74, 6) is 4.34. The molecule has 8 heteroatoms. The number of fused-ring (bicyclic) bond motifs is 1. The van der Waals surface area contributed by atoms with Crippen molar-refractivity contribution >= 4 is 46.0 Å². The predicted molar refractivity (Wildman–Crippen MR) is 162 cm³/mol. The van der Waals surface area contributed by atoms with Gasteiger partial charge >= 0.3 is 5.97 Å². The van der Waals surface area contributed by atoms with Crippen LogP contribution < -0.4 is 4.90 Å². The maximum atomic E-state index is 13.9. The number of hydrogen-bond donors (Lipinski definition) is 1. The highest BCUT2D eigenvalue weighted by atomic mass is 32.2. The average molecular weight is 577 g/mol. The molecule has 1 aliphatic carbocycles. The van der Waals surface area contributed by atoms with E-state index in [2.05, 4.69) is 11.8 Å². The van der Waals surface area contributed by atoms with Crippen LogP contribution >= 0.6 is 11.8 Å². The van der Waals surface area contributed by atoms with E-state index < -0.39 is 23.7 Å². The van der Waals surface area contributed by atoms with Crippen LogP contribution in [0.4, 0.5) is 10.5 Å². The maximum Gasteiger partial charge on any atom is 0.323 e. The number of nitrogens with zero attached hydrogens (tertiary/aromatic N) is 2. The number of amides is 3. The molecule has 1 N–H and O–H groups in total. The van der Waals surface area contributed by atoms with Crippen LogP contribution in [0.1, 0.15) is 48.8 Å². The van der Waals surface area contributed by atoms with Gasteiger partial charge in [-0.2, -0.15) is 0 Å². The average Bonchev–Trinajstić information content (AvgIpc) is 3.43. The summed E-state index contributed by atoms with van der Waals surface area (Å²) >= 11 is 0.635. The largest absolute Gasteiger partial charge is 0.480 e. The van der Waals surface area contributed by atoms with E-state index in [1.807, 2.05) is 72.8 Å². The molecule has 3 amide bonds. The fraction of sp³-hybridized carbons (Fsp3) is 0.235. The molecule has 3 aromatic rings. The second-order valence-corrected chi connectivity index (χ2v) is 11.7. The second kappa shape index (κ2) is 11.7. The minimum absolute atomic E-state index is 0.0117. The fourth-order valence-corrected chi connectivity index (χ4v) is 6.70. The SMILES string of the molecule is O=C(O)CN1C(=O)S/C(=C2\C(=O)N(CC3CCCCC3)c3ccc(-c4ccc(C#Cc5ccccc5)cc4)cc32)C1=O. The van der Waals surface area contributed by atoms with E-state index in [-0.39, 0.29) is 16.4 Å². The molecule has 3 aliphatic rings. The van der Waals surface area contributed by atoms with E-state index in [0.29, 0.717) is 40.4 Å². The zero-order valence-corrected chi connectivity index (χ0v) is 23.7. The topological polar surface area (TPSA) is 95.0 Å². The van der Waals surface area contributed by atoms with Crippen LogP contribution in [-0.4, -0.2) is 46.1 Å². The molecule has 0 bridgehead atoms. The van der Waals surface area contributed by atoms with Gasteiger partial charge in [0, 0.05) is 23.2 Å².